The Morgan fingerprint density at radius 1 is 0.886 bits per heavy atom. The van der Waals surface area contributed by atoms with Gasteiger partial charge in [-0.2, -0.15) is 13.2 Å². The molecule has 1 saturated carbocycles. The largest absolute Gasteiger partial charge is 0.416 e. The Hall–Kier alpha value is -2.46. The van der Waals surface area contributed by atoms with Gasteiger partial charge in [-0.05, 0) is 86.9 Å². The van der Waals surface area contributed by atoms with Crippen molar-refractivity contribution in [3.8, 4) is 0 Å². The topological polar surface area (TPSA) is 66.5 Å². The van der Waals surface area contributed by atoms with E-state index in [1.165, 1.54) is 12.1 Å². The Morgan fingerprint density at radius 2 is 1.51 bits per heavy atom. The van der Waals surface area contributed by atoms with Crippen molar-refractivity contribution >= 4 is 15.9 Å². The Kier molecular flexibility index (Phi) is 7.51. The second kappa shape index (κ2) is 10.3. The van der Waals surface area contributed by atoms with E-state index in [9.17, 15) is 30.8 Å². The van der Waals surface area contributed by atoms with Crippen LogP contribution in [-0.4, -0.2) is 31.8 Å². The van der Waals surface area contributed by atoms with Crippen LogP contribution in [0.1, 0.15) is 62.1 Å². The fourth-order valence-corrected chi connectivity index (χ4v) is 6.34. The van der Waals surface area contributed by atoms with Crippen molar-refractivity contribution in [3.05, 3.63) is 65.5 Å². The van der Waals surface area contributed by atoms with Gasteiger partial charge in [0.25, 0.3) is 0 Å². The van der Waals surface area contributed by atoms with Gasteiger partial charge in [0.15, 0.2) is 0 Å². The molecule has 1 unspecified atom stereocenters. The lowest BCUT2D eigenvalue weighted by molar-refractivity contribution is -0.140. The number of nitrogens with one attached hydrogen (secondary N) is 1. The van der Waals surface area contributed by atoms with E-state index >= 15 is 0 Å². The van der Waals surface area contributed by atoms with E-state index in [0.29, 0.717) is 32.2 Å². The highest BCUT2D eigenvalue weighted by atomic mass is 32.2. The normalized spacial score (nSPS) is 23.8. The number of rotatable bonds is 5. The summed E-state index contributed by atoms with van der Waals surface area (Å²) < 4.78 is 79.5. The van der Waals surface area contributed by atoms with Gasteiger partial charge >= 0.3 is 6.18 Å². The summed E-state index contributed by atoms with van der Waals surface area (Å²) >= 11 is 0. The molecule has 2 fully saturated rings. The molecular weight excluding hydrogens is 484 g/mol. The Labute approximate surface area is 202 Å². The minimum absolute atomic E-state index is 0.0445. The van der Waals surface area contributed by atoms with Gasteiger partial charge in [0.05, 0.1) is 16.5 Å². The molecule has 190 valence electrons. The molecule has 2 aromatic rings. The molecule has 1 heterocycles. The van der Waals surface area contributed by atoms with Crippen LogP contribution in [0.2, 0.25) is 0 Å². The van der Waals surface area contributed by atoms with E-state index in [4.69, 9.17) is 0 Å². The van der Waals surface area contributed by atoms with Crippen LogP contribution in [0.3, 0.4) is 0 Å². The molecule has 1 aliphatic heterocycles. The van der Waals surface area contributed by atoms with Gasteiger partial charge in [0, 0.05) is 18.5 Å². The number of carbonyl (C=O) groups excluding carboxylic acids is 1. The molecule has 35 heavy (non-hydrogen) atoms. The first-order valence-electron chi connectivity index (χ1n) is 11.8. The third-order valence-electron chi connectivity index (χ3n) is 6.93. The lowest BCUT2D eigenvalue weighted by atomic mass is 9.84. The molecule has 1 atom stereocenters. The van der Waals surface area contributed by atoms with Gasteiger partial charge in [0.2, 0.25) is 15.9 Å². The van der Waals surface area contributed by atoms with E-state index in [-0.39, 0.29) is 34.6 Å². The first-order chi connectivity index (χ1) is 16.5. The second-order valence-corrected chi connectivity index (χ2v) is 11.0. The second-order valence-electron chi connectivity index (χ2n) is 9.29. The van der Waals surface area contributed by atoms with E-state index in [2.05, 4.69) is 4.72 Å². The number of nitrogens with zero attached hydrogens (tertiary/aromatic N) is 1. The van der Waals surface area contributed by atoms with Gasteiger partial charge in [-0.1, -0.05) is 12.1 Å². The summed E-state index contributed by atoms with van der Waals surface area (Å²) in [5.74, 6) is -0.495. The number of likely N-dealkylation sites (tertiary alicyclic amines) is 1. The maximum Gasteiger partial charge on any atom is 0.416 e. The van der Waals surface area contributed by atoms with Crippen LogP contribution in [-0.2, 0) is 21.0 Å². The van der Waals surface area contributed by atoms with E-state index in [0.717, 1.165) is 49.1 Å². The van der Waals surface area contributed by atoms with Crippen molar-refractivity contribution in [2.75, 3.05) is 6.54 Å². The molecule has 10 heteroatoms. The van der Waals surface area contributed by atoms with E-state index in [1.807, 2.05) is 4.90 Å². The van der Waals surface area contributed by atoms with Crippen molar-refractivity contribution in [1.29, 1.82) is 0 Å². The first kappa shape index (κ1) is 25.6. The van der Waals surface area contributed by atoms with Crippen molar-refractivity contribution in [1.82, 2.24) is 9.62 Å². The van der Waals surface area contributed by atoms with Gasteiger partial charge < -0.3 is 4.90 Å². The number of sulfonamides is 1. The van der Waals surface area contributed by atoms with Crippen LogP contribution < -0.4 is 4.72 Å². The van der Waals surface area contributed by atoms with Crippen molar-refractivity contribution in [2.45, 2.75) is 68.1 Å². The molecule has 1 amide bonds. The summed E-state index contributed by atoms with van der Waals surface area (Å²) in [6.07, 6.45) is 0.147. The third-order valence-corrected chi connectivity index (χ3v) is 8.47. The molecule has 1 saturated heterocycles. The Balaban J connectivity index is 1.36. The molecule has 0 bridgehead atoms. The summed E-state index contributed by atoms with van der Waals surface area (Å²) in [6.45, 7) is 0.640. The molecule has 0 radical (unpaired) electrons. The zero-order chi connectivity index (χ0) is 25.2. The first-order valence-corrected chi connectivity index (χ1v) is 13.3. The zero-order valence-electron chi connectivity index (χ0n) is 19.1. The summed E-state index contributed by atoms with van der Waals surface area (Å²) in [5.41, 5.74) is 0.00422. The molecular formula is C25H28F4N2O3S. The van der Waals surface area contributed by atoms with E-state index in [1.54, 1.807) is 12.1 Å². The number of amides is 1. The molecule has 1 aliphatic carbocycles. The maximum absolute atomic E-state index is 13.4. The van der Waals surface area contributed by atoms with Gasteiger partial charge in [-0.25, -0.2) is 17.5 Å². The zero-order valence-corrected chi connectivity index (χ0v) is 19.9. The fraction of sp³-hybridized carbons (Fsp3) is 0.480. The molecule has 2 aromatic carbocycles. The predicted molar refractivity (Wildman–Crippen MR) is 122 cm³/mol. The highest BCUT2D eigenvalue weighted by Gasteiger charge is 2.36. The smallest absolute Gasteiger partial charge is 0.335 e. The monoisotopic (exact) mass is 512 g/mol. The maximum atomic E-state index is 13.4. The van der Waals surface area contributed by atoms with Crippen LogP contribution in [0, 0.1) is 11.7 Å². The average Bonchev–Trinajstić information content (AvgIpc) is 2.84. The van der Waals surface area contributed by atoms with Crippen LogP contribution in [0.25, 0.3) is 0 Å². The van der Waals surface area contributed by atoms with Gasteiger partial charge in [-0.15, -0.1) is 0 Å². The number of piperidine rings is 1. The molecule has 2 aliphatic rings. The number of benzene rings is 2. The molecule has 0 spiro atoms. The Bertz CT molecular complexity index is 1130. The van der Waals surface area contributed by atoms with E-state index < -0.39 is 21.8 Å². The van der Waals surface area contributed by atoms with Crippen LogP contribution in [0.4, 0.5) is 17.6 Å². The average molecular weight is 513 g/mol. The standard InChI is InChI=1S/C25H28F4N2O3S/c26-20-10-4-17(5-11-20)23-3-1-2-16-31(23)24(32)18-6-12-21(13-7-18)30-35(33,34)22-14-8-19(9-15-22)25(27,28)29/h4-5,8-11,14-15,18,21,23,30H,1-3,6-7,12-13,16H2. The lowest BCUT2D eigenvalue weighted by Gasteiger charge is -2.39. The lowest BCUT2D eigenvalue weighted by Crippen LogP contribution is -2.45. The summed E-state index contributed by atoms with van der Waals surface area (Å²) in [5, 5.41) is 0. The van der Waals surface area contributed by atoms with Gasteiger partial charge in [0.1, 0.15) is 5.82 Å². The SMILES string of the molecule is O=C(C1CCC(NS(=O)(=O)c2ccc(C(F)(F)F)cc2)CC1)N1CCCCC1c1ccc(F)cc1. The number of carbonyl (C=O) groups is 1. The van der Waals surface area contributed by atoms with Crippen LogP contribution in [0.5, 0.6) is 0 Å². The highest BCUT2D eigenvalue weighted by Crippen LogP contribution is 2.35. The number of alkyl halides is 3. The highest BCUT2D eigenvalue weighted by molar-refractivity contribution is 7.89. The number of hydrogen-bond acceptors (Lipinski definition) is 3. The van der Waals surface area contributed by atoms with Crippen molar-refractivity contribution in [2.24, 2.45) is 5.92 Å². The minimum Gasteiger partial charge on any atom is -0.335 e. The number of hydrogen-bond donors (Lipinski definition) is 1. The summed E-state index contributed by atoms with van der Waals surface area (Å²) in [6, 6.07) is 9.17. The number of halogens is 4. The molecule has 5 nitrogen and oxygen atoms in total. The Morgan fingerprint density at radius 3 is 2.11 bits per heavy atom. The predicted octanol–water partition coefficient (Wildman–Crippen LogP) is 5.44. The summed E-state index contributed by atoms with van der Waals surface area (Å²) in [4.78, 5) is 15.0. The quantitative estimate of drug-likeness (QED) is 0.543. The van der Waals surface area contributed by atoms with Crippen molar-refractivity contribution < 1.29 is 30.8 Å². The molecule has 1 N–H and O–H groups in total. The molecule has 0 aromatic heterocycles. The third kappa shape index (κ3) is 6.03. The van der Waals surface area contributed by atoms with Crippen LogP contribution >= 0.6 is 0 Å². The fourth-order valence-electron chi connectivity index (χ4n) is 5.03. The van der Waals surface area contributed by atoms with Gasteiger partial charge in [-0.3, -0.25) is 4.79 Å². The van der Waals surface area contributed by atoms with Crippen LogP contribution in [0.15, 0.2) is 53.4 Å². The molecule has 4 rings (SSSR count). The summed E-state index contributed by atoms with van der Waals surface area (Å²) in [7, 11) is -3.97. The minimum atomic E-state index is -4.54. The van der Waals surface area contributed by atoms with Crippen molar-refractivity contribution in [3.63, 3.8) is 0 Å².